The highest BCUT2D eigenvalue weighted by molar-refractivity contribution is 4.31. The molecule has 2 nitrogen and oxygen atoms in total. The lowest BCUT2D eigenvalue weighted by atomic mass is 10.5. The Morgan fingerprint density at radius 1 is 0.769 bits per heavy atom. The van der Waals surface area contributed by atoms with Gasteiger partial charge in [0.15, 0.2) is 0 Å². The summed E-state index contributed by atoms with van der Waals surface area (Å²) in [6.45, 7) is 13.8. The van der Waals surface area contributed by atoms with E-state index in [1.54, 1.807) is 0 Å². The Labute approximate surface area is 84.6 Å². The van der Waals surface area contributed by atoms with E-state index in [-0.39, 0.29) is 7.43 Å². The number of hydrogen-bond donors (Lipinski definition) is 0. The van der Waals surface area contributed by atoms with Gasteiger partial charge in [-0.2, -0.15) is 0 Å². The molecule has 0 aliphatic carbocycles. The van der Waals surface area contributed by atoms with E-state index in [4.69, 9.17) is 9.47 Å². The molecule has 0 amide bonds. The molecule has 0 radical (unpaired) electrons. The molecule has 0 saturated carbocycles. The van der Waals surface area contributed by atoms with Gasteiger partial charge >= 0.3 is 0 Å². The second-order valence-corrected chi connectivity index (χ2v) is 3.01. The van der Waals surface area contributed by atoms with Crippen molar-refractivity contribution in [2.45, 2.75) is 61.2 Å². The first kappa shape index (κ1) is 18.7. The van der Waals surface area contributed by atoms with Gasteiger partial charge in [0, 0.05) is 13.2 Å². The van der Waals surface area contributed by atoms with Crippen molar-refractivity contribution in [2.24, 2.45) is 0 Å². The van der Waals surface area contributed by atoms with Gasteiger partial charge in [0.25, 0.3) is 0 Å². The van der Waals surface area contributed by atoms with Gasteiger partial charge in [-0.1, -0.05) is 7.43 Å². The van der Waals surface area contributed by atoms with Crippen molar-refractivity contribution in [1.82, 2.24) is 0 Å². The number of hydrogen-bond acceptors (Lipinski definition) is 2. The van der Waals surface area contributed by atoms with Gasteiger partial charge in [0.2, 0.25) is 0 Å². The molecule has 0 aliphatic heterocycles. The van der Waals surface area contributed by atoms with E-state index >= 15 is 0 Å². The lowest BCUT2D eigenvalue weighted by Crippen LogP contribution is -1.99. The molecular weight excluding hydrogens is 164 g/mol. The summed E-state index contributed by atoms with van der Waals surface area (Å²) in [5.41, 5.74) is 0. The van der Waals surface area contributed by atoms with E-state index in [0.29, 0.717) is 12.2 Å². The molecule has 0 unspecified atom stereocenters. The van der Waals surface area contributed by atoms with Gasteiger partial charge in [0.1, 0.15) is 0 Å². The maximum absolute atomic E-state index is 5.04. The third-order valence-electron chi connectivity index (χ3n) is 1.00. The van der Waals surface area contributed by atoms with Crippen LogP contribution in [0.4, 0.5) is 0 Å². The average Bonchev–Trinajstić information content (AvgIpc) is 1.87. The molecule has 0 saturated heterocycles. The summed E-state index contributed by atoms with van der Waals surface area (Å²) in [4.78, 5) is 0. The Morgan fingerprint density at radius 3 is 1.00 bits per heavy atom. The fourth-order valence-corrected chi connectivity index (χ4v) is 0.667. The molecule has 0 aromatic heterocycles. The van der Waals surface area contributed by atoms with E-state index < -0.39 is 0 Å². The monoisotopic (exact) mass is 192 g/mol. The topological polar surface area (TPSA) is 18.5 Å². The molecule has 0 atom stereocenters. The maximum Gasteiger partial charge on any atom is 0.0518 e. The Balaban J connectivity index is -0.000000143. The Morgan fingerprint density at radius 2 is 1.00 bits per heavy atom. The van der Waals surface area contributed by atoms with Crippen molar-refractivity contribution < 1.29 is 9.47 Å². The van der Waals surface area contributed by atoms with E-state index in [1.807, 2.05) is 41.5 Å². The summed E-state index contributed by atoms with van der Waals surface area (Å²) in [6.07, 6.45) is 0.796. The minimum atomic E-state index is 0. The predicted molar refractivity (Wildman–Crippen MR) is 60.3 cm³/mol. The van der Waals surface area contributed by atoms with Crippen molar-refractivity contribution in [3.63, 3.8) is 0 Å². The predicted octanol–water partition coefficient (Wildman–Crippen LogP) is 3.50. The number of rotatable bonds is 4. The van der Waals surface area contributed by atoms with Crippen LogP contribution in [0, 0.1) is 0 Å². The summed E-state index contributed by atoms with van der Waals surface area (Å²) in [5, 5.41) is 0. The van der Waals surface area contributed by atoms with E-state index in [9.17, 15) is 0 Å². The minimum absolute atomic E-state index is 0. The fraction of sp³-hybridized carbons (Fsp3) is 1.00. The molecule has 0 aromatic carbocycles. The van der Waals surface area contributed by atoms with Crippen molar-refractivity contribution in [3.8, 4) is 0 Å². The summed E-state index contributed by atoms with van der Waals surface area (Å²) < 4.78 is 10.1. The van der Waals surface area contributed by atoms with Gasteiger partial charge in [0.05, 0.1) is 12.2 Å². The zero-order valence-corrected chi connectivity index (χ0v) is 9.39. The minimum Gasteiger partial charge on any atom is -0.379 e. The molecule has 0 bridgehead atoms. The first-order chi connectivity index (χ1) is 5.54. The average molecular weight is 192 g/mol. The highest BCUT2D eigenvalue weighted by atomic mass is 16.5. The third kappa shape index (κ3) is 33.5. The standard InChI is InChI=1S/2C5H12O.CH4/c2*1-4-6-5(2)3;/h2*5H,4H2,1-3H3;1H4. The fourth-order valence-electron chi connectivity index (χ4n) is 0.667. The van der Waals surface area contributed by atoms with Crippen LogP contribution in [-0.4, -0.2) is 25.4 Å². The van der Waals surface area contributed by atoms with Crippen LogP contribution >= 0.6 is 0 Å². The van der Waals surface area contributed by atoms with Gasteiger partial charge in [-0.15, -0.1) is 0 Å². The molecule has 0 aromatic rings. The molecule has 13 heavy (non-hydrogen) atoms. The van der Waals surface area contributed by atoms with Crippen LogP contribution in [0.3, 0.4) is 0 Å². The Kier molecular flexibility index (Phi) is 20.7. The molecule has 0 aliphatic rings. The van der Waals surface area contributed by atoms with Crippen molar-refractivity contribution >= 4 is 0 Å². The van der Waals surface area contributed by atoms with E-state index in [1.165, 1.54) is 0 Å². The highest BCUT2D eigenvalue weighted by Gasteiger charge is 1.84. The van der Waals surface area contributed by atoms with E-state index in [2.05, 4.69) is 0 Å². The van der Waals surface area contributed by atoms with Crippen LogP contribution in [0.5, 0.6) is 0 Å². The smallest absolute Gasteiger partial charge is 0.0518 e. The van der Waals surface area contributed by atoms with Crippen LogP contribution in [0.2, 0.25) is 0 Å². The van der Waals surface area contributed by atoms with Crippen LogP contribution in [0.1, 0.15) is 49.0 Å². The summed E-state index contributed by atoms with van der Waals surface area (Å²) in [5.74, 6) is 0. The molecule has 0 fully saturated rings. The highest BCUT2D eigenvalue weighted by Crippen LogP contribution is 1.83. The quantitative estimate of drug-likeness (QED) is 0.678. The lowest BCUT2D eigenvalue weighted by Gasteiger charge is -2.00. The van der Waals surface area contributed by atoms with Crippen LogP contribution < -0.4 is 0 Å². The van der Waals surface area contributed by atoms with Gasteiger partial charge < -0.3 is 9.47 Å². The molecular formula is C11H28O2. The maximum atomic E-state index is 5.04. The summed E-state index contributed by atoms with van der Waals surface area (Å²) in [6, 6.07) is 0. The zero-order valence-electron chi connectivity index (χ0n) is 9.39. The van der Waals surface area contributed by atoms with Crippen LogP contribution in [-0.2, 0) is 9.47 Å². The molecule has 0 rings (SSSR count). The van der Waals surface area contributed by atoms with Gasteiger partial charge in [-0.3, -0.25) is 0 Å². The zero-order chi connectivity index (χ0) is 9.98. The molecule has 2 heteroatoms. The molecule has 0 heterocycles. The summed E-state index contributed by atoms with van der Waals surface area (Å²) in [7, 11) is 0. The second kappa shape index (κ2) is 14.4. The van der Waals surface area contributed by atoms with E-state index in [0.717, 1.165) is 13.2 Å². The lowest BCUT2D eigenvalue weighted by molar-refractivity contribution is 0.0897. The summed E-state index contributed by atoms with van der Waals surface area (Å²) >= 11 is 0. The van der Waals surface area contributed by atoms with Gasteiger partial charge in [-0.25, -0.2) is 0 Å². The molecule has 0 spiro atoms. The number of ether oxygens (including phenoxy) is 2. The normalized spacial score (nSPS) is 9.23. The Bertz CT molecular complexity index is 60.5. The third-order valence-corrected chi connectivity index (χ3v) is 1.00. The Hall–Kier alpha value is -0.0800. The first-order valence-corrected chi connectivity index (χ1v) is 4.77. The first-order valence-electron chi connectivity index (χ1n) is 4.77. The second-order valence-electron chi connectivity index (χ2n) is 3.01. The largest absolute Gasteiger partial charge is 0.379 e. The van der Waals surface area contributed by atoms with Gasteiger partial charge in [-0.05, 0) is 41.5 Å². The molecule has 0 N–H and O–H groups in total. The SMILES string of the molecule is C.CCOC(C)C.CCOC(C)C. The van der Waals surface area contributed by atoms with Crippen molar-refractivity contribution in [2.75, 3.05) is 13.2 Å². The van der Waals surface area contributed by atoms with Crippen LogP contribution in [0.15, 0.2) is 0 Å². The molecule has 84 valence electrons. The van der Waals surface area contributed by atoms with Crippen molar-refractivity contribution in [3.05, 3.63) is 0 Å². The van der Waals surface area contributed by atoms with Crippen LogP contribution in [0.25, 0.3) is 0 Å². The van der Waals surface area contributed by atoms with Crippen molar-refractivity contribution in [1.29, 1.82) is 0 Å².